The van der Waals surface area contributed by atoms with Crippen molar-refractivity contribution in [3.8, 4) is 0 Å². The second-order valence-electron chi connectivity index (χ2n) is 4.99. The van der Waals surface area contributed by atoms with Gasteiger partial charge >= 0.3 is 0 Å². The Kier molecular flexibility index (Phi) is 4.54. The molecule has 0 aliphatic carbocycles. The maximum Gasteiger partial charge on any atom is 0.233 e. The third kappa shape index (κ3) is 3.13. The molecule has 3 heterocycles. The van der Waals surface area contributed by atoms with E-state index >= 15 is 0 Å². The van der Waals surface area contributed by atoms with Crippen molar-refractivity contribution in [2.75, 3.05) is 45.1 Å². The summed E-state index contributed by atoms with van der Waals surface area (Å²) in [5, 5.41) is 0.122. The molecule has 0 saturated carbocycles. The molecule has 6 heteroatoms. The Morgan fingerprint density at radius 1 is 1.35 bits per heavy atom. The summed E-state index contributed by atoms with van der Waals surface area (Å²) in [7, 11) is 0. The molecule has 2 aliphatic heterocycles. The van der Waals surface area contributed by atoms with Crippen LogP contribution in [0.5, 0.6) is 0 Å². The summed E-state index contributed by atoms with van der Waals surface area (Å²) in [6, 6.07) is 3.98. The van der Waals surface area contributed by atoms with Crippen LogP contribution in [0, 0.1) is 0 Å². The fourth-order valence-corrected chi connectivity index (χ4v) is 3.77. The molecule has 2 saturated heterocycles. The highest BCUT2D eigenvalue weighted by molar-refractivity contribution is 8.00. The van der Waals surface area contributed by atoms with Gasteiger partial charge < -0.3 is 9.64 Å². The molecule has 0 radical (unpaired) electrons. The van der Waals surface area contributed by atoms with E-state index in [4.69, 9.17) is 4.74 Å². The Bertz CT molecular complexity index is 451. The lowest BCUT2D eigenvalue weighted by atomic mass is 10.2. The molecule has 2 fully saturated rings. The monoisotopic (exact) mass is 293 g/mol. The largest absolute Gasteiger partial charge is 0.379 e. The summed E-state index contributed by atoms with van der Waals surface area (Å²) in [4.78, 5) is 20.6. The second-order valence-corrected chi connectivity index (χ2v) is 6.06. The van der Waals surface area contributed by atoms with E-state index in [2.05, 4.69) is 9.88 Å². The molecule has 1 aromatic heterocycles. The SMILES string of the molecule is O=C1CS[C@@H](c2cccnc2)N1CCN1CCOCC1. The van der Waals surface area contributed by atoms with Crippen molar-refractivity contribution in [1.82, 2.24) is 14.8 Å². The minimum atomic E-state index is 0.122. The standard InChI is InChI=1S/C14H19N3O2S/c18-13-11-20-14(12-2-1-3-15-10-12)17(13)5-4-16-6-8-19-9-7-16/h1-3,10,14H,4-9,11H2/t14-/m0/s1. The zero-order valence-electron chi connectivity index (χ0n) is 11.4. The van der Waals surface area contributed by atoms with Crippen LogP contribution in [0.2, 0.25) is 0 Å². The van der Waals surface area contributed by atoms with Crippen LogP contribution in [0.3, 0.4) is 0 Å². The molecular formula is C14H19N3O2S. The summed E-state index contributed by atoms with van der Waals surface area (Å²) < 4.78 is 5.35. The number of thioether (sulfide) groups is 1. The minimum Gasteiger partial charge on any atom is -0.379 e. The Morgan fingerprint density at radius 3 is 2.95 bits per heavy atom. The molecule has 0 spiro atoms. The molecular weight excluding hydrogens is 274 g/mol. The van der Waals surface area contributed by atoms with Crippen molar-refractivity contribution >= 4 is 17.7 Å². The number of nitrogens with zero attached hydrogens (tertiary/aromatic N) is 3. The average molecular weight is 293 g/mol. The Hall–Kier alpha value is -1.11. The highest BCUT2D eigenvalue weighted by atomic mass is 32.2. The van der Waals surface area contributed by atoms with E-state index in [1.807, 2.05) is 23.2 Å². The van der Waals surface area contributed by atoms with E-state index in [0.717, 1.165) is 45.0 Å². The fourth-order valence-electron chi connectivity index (χ4n) is 2.57. The van der Waals surface area contributed by atoms with Gasteiger partial charge in [0.05, 0.1) is 19.0 Å². The number of carbonyl (C=O) groups excluding carboxylic acids is 1. The first kappa shape index (κ1) is 13.9. The molecule has 20 heavy (non-hydrogen) atoms. The second kappa shape index (κ2) is 6.56. The summed E-state index contributed by atoms with van der Waals surface area (Å²) in [6.07, 6.45) is 3.63. The topological polar surface area (TPSA) is 45.7 Å². The number of pyridine rings is 1. The van der Waals surface area contributed by atoms with Gasteiger partial charge in [0, 0.05) is 44.1 Å². The van der Waals surface area contributed by atoms with Gasteiger partial charge in [-0.3, -0.25) is 14.7 Å². The predicted octanol–water partition coefficient (Wildman–Crippen LogP) is 0.988. The molecule has 0 N–H and O–H groups in total. The van der Waals surface area contributed by atoms with E-state index < -0.39 is 0 Å². The van der Waals surface area contributed by atoms with Crippen LogP contribution in [0.25, 0.3) is 0 Å². The van der Waals surface area contributed by atoms with Crippen LogP contribution >= 0.6 is 11.8 Å². The van der Waals surface area contributed by atoms with Gasteiger partial charge in [-0.25, -0.2) is 0 Å². The van der Waals surface area contributed by atoms with Crippen LogP contribution in [-0.4, -0.2) is 65.8 Å². The summed E-state index contributed by atoms with van der Waals surface area (Å²) in [5.74, 6) is 0.806. The number of amides is 1. The van der Waals surface area contributed by atoms with E-state index in [0.29, 0.717) is 5.75 Å². The van der Waals surface area contributed by atoms with E-state index in [1.165, 1.54) is 0 Å². The smallest absolute Gasteiger partial charge is 0.233 e. The summed E-state index contributed by atoms with van der Waals surface area (Å²) >= 11 is 1.69. The third-order valence-electron chi connectivity index (χ3n) is 3.70. The maximum absolute atomic E-state index is 12.1. The summed E-state index contributed by atoms with van der Waals surface area (Å²) in [6.45, 7) is 5.24. The van der Waals surface area contributed by atoms with E-state index in [9.17, 15) is 4.79 Å². The Balaban J connectivity index is 1.62. The number of morpholine rings is 1. The molecule has 5 nitrogen and oxygen atoms in total. The van der Waals surface area contributed by atoms with Crippen LogP contribution in [0.15, 0.2) is 24.5 Å². The van der Waals surface area contributed by atoms with Crippen molar-refractivity contribution in [2.45, 2.75) is 5.37 Å². The quantitative estimate of drug-likeness (QED) is 0.828. The van der Waals surface area contributed by atoms with Crippen LogP contribution in [0.4, 0.5) is 0 Å². The van der Waals surface area contributed by atoms with Gasteiger partial charge in [0.2, 0.25) is 5.91 Å². The maximum atomic E-state index is 12.1. The molecule has 2 aliphatic rings. The van der Waals surface area contributed by atoms with Crippen LogP contribution < -0.4 is 0 Å². The lowest BCUT2D eigenvalue weighted by Gasteiger charge is -2.30. The number of rotatable bonds is 4. The van der Waals surface area contributed by atoms with Crippen molar-refractivity contribution in [3.05, 3.63) is 30.1 Å². The molecule has 1 aromatic rings. The van der Waals surface area contributed by atoms with Crippen molar-refractivity contribution in [1.29, 1.82) is 0 Å². The van der Waals surface area contributed by atoms with Crippen molar-refractivity contribution < 1.29 is 9.53 Å². The van der Waals surface area contributed by atoms with Crippen LogP contribution in [-0.2, 0) is 9.53 Å². The zero-order valence-corrected chi connectivity index (χ0v) is 12.2. The van der Waals surface area contributed by atoms with E-state index in [1.54, 1.807) is 18.0 Å². The fraction of sp³-hybridized carbons (Fsp3) is 0.571. The van der Waals surface area contributed by atoms with Gasteiger partial charge in [0.25, 0.3) is 0 Å². The Labute approximate surface area is 123 Å². The normalized spacial score (nSPS) is 24.3. The molecule has 1 atom stereocenters. The van der Waals surface area contributed by atoms with Crippen LogP contribution in [0.1, 0.15) is 10.9 Å². The first-order valence-corrected chi connectivity index (χ1v) is 8.00. The third-order valence-corrected chi connectivity index (χ3v) is 4.95. The first-order valence-electron chi connectivity index (χ1n) is 6.96. The highest BCUT2D eigenvalue weighted by Crippen LogP contribution is 2.37. The lowest BCUT2D eigenvalue weighted by molar-refractivity contribution is -0.128. The van der Waals surface area contributed by atoms with Gasteiger partial charge in [0.1, 0.15) is 5.37 Å². The first-order chi connectivity index (χ1) is 9.84. The lowest BCUT2D eigenvalue weighted by Crippen LogP contribution is -2.42. The number of hydrogen-bond acceptors (Lipinski definition) is 5. The minimum absolute atomic E-state index is 0.122. The molecule has 0 bridgehead atoms. The number of ether oxygens (including phenoxy) is 1. The molecule has 1 amide bonds. The van der Waals surface area contributed by atoms with Crippen molar-refractivity contribution in [2.24, 2.45) is 0 Å². The highest BCUT2D eigenvalue weighted by Gasteiger charge is 2.32. The predicted molar refractivity (Wildman–Crippen MR) is 78.4 cm³/mol. The van der Waals surface area contributed by atoms with E-state index in [-0.39, 0.29) is 11.3 Å². The van der Waals surface area contributed by atoms with Gasteiger partial charge in [-0.05, 0) is 6.07 Å². The van der Waals surface area contributed by atoms with Gasteiger partial charge in [-0.1, -0.05) is 6.07 Å². The molecule has 0 aromatic carbocycles. The molecule has 108 valence electrons. The number of carbonyl (C=O) groups is 1. The zero-order chi connectivity index (χ0) is 13.8. The van der Waals surface area contributed by atoms with Gasteiger partial charge in [0.15, 0.2) is 0 Å². The molecule has 3 rings (SSSR count). The van der Waals surface area contributed by atoms with Crippen molar-refractivity contribution in [3.63, 3.8) is 0 Å². The van der Waals surface area contributed by atoms with Gasteiger partial charge in [-0.15, -0.1) is 11.8 Å². The average Bonchev–Trinajstić information content (AvgIpc) is 2.88. The number of aromatic nitrogens is 1. The Morgan fingerprint density at radius 2 is 2.20 bits per heavy atom. The number of hydrogen-bond donors (Lipinski definition) is 0. The summed E-state index contributed by atoms with van der Waals surface area (Å²) in [5.41, 5.74) is 1.12. The molecule has 0 unspecified atom stereocenters. The van der Waals surface area contributed by atoms with Gasteiger partial charge in [-0.2, -0.15) is 0 Å².